The average molecular weight is 182 g/mol. The van der Waals surface area contributed by atoms with Gasteiger partial charge in [-0.15, -0.1) is 6.58 Å². The van der Waals surface area contributed by atoms with Gasteiger partial charge in [-0.05, 0) is 51.7 Å². The van der Waals surface area contributed by atoms with Crippen molar-refractivity contribution in [3.05, 3.63) is 12.7 Å². The molecule has 2 atom stereocenters. The Balaban J connectivity index is 2.15. The zero-order valence-electron chi connectivity index (χ0n) is 8.71. The lowest BCUT2D eigenvalue weighted by atomic mass is 9.78. The van der Waals surface area contributed by atoms with Crippen molar-refractivity contribution in [1.82, 2.24) is 4.90 Å². The van der Waals surface area contributed by atoms with Gasteiger partial charge in [0.05, 0.1) is 0 Å². The first-order valence-electron chi connectivity index (χ1n) is 5.30. The first kappa shape index (κ1) is 10.7. The molecular formula is C11H22N2. The van der Waals surface area contributed by atoms with Crippen molar-refractivity contribution in [2.24, 2.45) is 11.7 Å². The van der Waals surface area contributed by atoms with Gasteiger partial charge >= 0.3 is 0 Å². The number of nitrogens with zero attached hydrogens (tertiary/aromatic N) is 1. The van der Waals surface area contributed by atoms with Crippen molar-refractivity contribution in [2.75, 3.05) is 20.1 Å². The summed E-state index contributed by atoms with van der Waals surface area (Å²) in [6.45, 7) is 5.77. The molecule has 0 aliphatic heterocycles. The molecule has 0 amide bonds. The number of rotatable bonds is 6. The molecule has 0 saturated heterocycles. The molecule has 1 rings (SSSR count). The van der Waals surface area contributed by atoms with Gasteiger partial charge < -0.3 is 10.6 Å². The van der Waals surface area contributed by atoms with Crippen LogP contribution < -0.4 is 5.73 Å². The van der Waals surface area contributed by atoms with Crippen molar-refractivity contribution in [3.8, 4) is 0 Å². The van der Waals surface area contributed by atoms with Crippen LogP contribution in [-0.4, -0.2) is 31.1 Å². The molecule has 0 heterocycles. The molecule has 76 valence electrons. The van der Waals surface area contributed by atoms with Gasteiger partial charge in [-0.1, -0.05) is 6.08 Å². The molecule has 2 heteroatoms. The molecule has 13 heavy (non-hydrogen) atoms. The Kier molecular flexibility index (Phi) is 4.46. The van der Waals surface area contributed by atoms with Crippen LogP contribution in [0.4, 0.5) is 0 Å². The quantitative estimate of drug-likeness (QED) is 0.499. The smallest absolute Gasteiger partial charge is 0.0133 e. The van der Waals surface area contributed by atoms with E-state index in [-0.39, 0.29) is 0 Å². The van der Waals surface area contributed by atoms with E-state index in [0.29, 0.717) is 0 Å². The predicted octanol–water partition coefficient (Wildman–Crippen LogP) is 1.62. The average Bonchev–Trinajstić information content (AvgIpc) is 2.03. The van der Waals surface area contributed by atoms with E-state index in [2.05, 4.69) is 18.5 Å². The molecule has 0 aromatic rings. The van der Waals surface area contributed by atoms with Crippen molar-refractivity contribution >= 4 is 0 Å². The van der Waals surface area contributed by atoms with Crippen LogP contribution in [0.15, 0.2) is 12.7 Å². The zero-order chi connectivity index (χ0) is 9.68. The van der Waals surface area contributed by atoms with Crippen molar-refractivity contribution in [1.29, 1.82) is 0 Å². The Morgan fingerprint density at radius 2 is 2.31 bits per heavy atom. The fourth-order valence-electron chi connectivity index (χ4n) is 2.06. The monoisotopic (exact) mass is 182 g/mol. The molecule has 1 saturated carbocycles. The minimum Gasteiger partial charge on any atom is -0.330 e. The predicted molar refractivity (Wildman–Crippen MR) is 57.6 cm³/mol. The van der Waals surface area contributed by atoms with Crippen LogP contribution >= 0.6 is 0 Å². The Morgan fingerprint density at radius 1 is 1.54 bits per heavy atom. The van der Waals surface area contributed by atoms with Crippen molar-refractivity contribution in [2.45, 2.75) is 31.7 Å². The van der Waals surface area contributed by atoms with E-state index in [1.807, 2.05) is 6.08 Å². The molecule has 0 radical (unpaired) electrons. The highest BCUT2D eigenvalue weighted by molar-refractivity contribution is 4.88. The summed E-state index contributed by atoms with van der Waals surface area (Å²) in [4.78, 5) is 2.46. The third-order valence-electron chi connectivity index (χ3n) is 3.17. The Labute approximate surface area is 81.8 Å². The third kappa shape index (κ3) is 2.82. The molecule has 0 aromatic heterocycles. The number of hydrogen-bond donors (Lipinski definition) is 1. The molecule has 2 nitrogen and oxygen atoms in total. The van der Waals surface area contributed by atoms with E-state index >= 15 is 0 Å². The van der Waals surface area contributed by atoms with Crippen LogP contribution in [0.1, 0.15) is 25.7 Å². The second-order valence-corrected chi connectivity index (χ2v) is 4.05. The molecule has 0 aromatic carbocycles. The fraction of sp³-hybridized carbons (Fsp3) is 0.818. The molecule has 0 spiro atoms. The summed E-state index contributed by atoms with van der Waals surface area (Å²) in [5.74, 6) is 0.758. The van der Waals surface area contributed by atoms with Gasteiger partial charge in [0.25, 0.3) is 0 Å². The van der Waals surface area contributed by atoms with Crippen LogP contribution in [0.2, 0.25) is 0 Å². The Hall–Kier alpha value is -0.340. The molecule has 2 unspecified atom stereocenters. The van der Waals surface area contributed by atoms with E-state index < -0.39 is 0 Å². The second kappa shape index (κ2) is 5.40. The maximum Gasteiger partial charge on any atom is 0.0133 e. The second-order valence-electron chi connectivity index (χ2n) is 4.05. The highest BCUT2D eigenvalue weighted by Crippen LogP contribution is 2.30. The Bertz CT molecular complexity index is 154. The summed E-state index contributed by atoms with van der Waals surface area (Å²) in [5.41, 5.74) is 5.67. The SMILES string of the molecule is C=CCCCN(C)C1CCC1CN. The molecule has 2 N–H and O–H groups in total. The van der Waals surface area contributed by atoms with Gasteiger partial charge in [-0.3, -0.25) is 0 Å². The molecular weight excluding hydrogens is 160 g/mol. The standard InChI is InChI=1S/C11H22N2/c1-3-4-5-8-13(2)11-7-6-10(11)9-12/h3,10-11H,1,4-9,12H2,2H3. The molecule has 1 aliphatic carbocycles. The minimum atomic E-state index is 0.758. The summed E-state index contributed by atoms with van der Waals surface area (Å²) in [5, 5.41) is 0. The number of nitrogens with two attached hydrogens (primary N) is 1. The fourth-order valence-corrected chi connectivity index (χ4v) is 2.06. The van der Waals surface area contributed by atoms with Gasteiger partial charge in [-0.2, -0.15) is 0 Å². The van der Waals surface area contributed by atoms with Crippen molar-refractivity contribution in [3.63, 3.8) is 0 Å². The van der Waals surface area contributed by atoms with Crippen LogP contribution in [0, 0.1) is 5.92 Å². The number of allylic oxidation sites excluding steroid dienone is 1. The summed E-state index contributed by atoms with van der Waals surface area (Å²) < 4.78 is 0. The summed E-state index contributed by atoms with van der Waals surface area (Å²) in [6.07, 6.45) is 7.02. The van der Waals surface area contributed by atoms with Crippen LogP contribution in [0.3, 0.4) is 0 Å². The lowest BCUT2D eigenvalue weighted by Crippen LogP contribution is -2.48. The maximum atomic E-state index is 5.67. The number of unbranched alkanes of at least 4 members (excludes halogenated alkanes) is 1. The first-order chi connectivity index (χ1) is 6.29. The lowest BCUT2D eigenvalue weighted by molar-refractivity contribution is 0.0889. The highest BCUT2D eigenvalue weighted by Gasteiger charge is 2.31. The largest absolute Gasteiger partial charge is 0.330 e. The molecule has 1 fully saturated rings. The normalized spacial score (nSPS) is 27.3. The third-order valence-corrected chi connectivity index (χ3v) is 3.17. The Morgan fingerprint density at radius 3 is 2.77 bits per heavy atom. The van der Waals surface area contributed by atoms with Crippen LogP contribution in [0.5, 0.6) is 0 Å². The first-order valence-corrected chi connectivity index (χ1v) is 5.30. The lowest BCUT2D eigenvalue weighted by Gasteiger charge is -2.42. The van der Waals surface area contributed by atoms with E-state index in [9.17, 15) is 0 Å². The maximum absolute atomic E-state index is 5.67. The van der Waals surface area contributed by atoms with Gasteiger partial charge in [0, 0.05) is 6.04 Å². The van der Waals surface area contributed by atoms with E-state index in [4.69, 9.17) is 5.73 Å². The van der Waals surface area contributed by atoms with Gasteiger partial charge in [0.15, 0.2) is 0 Å². The van der Waals surface area contributed by atoms with E-state index in [1.54, 1.807) is 0 Å². The minimum absolute atomic E-state index is 0.758. The van der Waals surface area contributed by atoms with Gasteiger partial charge in [0.2, 0.25) is 0 Å². The van der Waals surface area contributed by atoms with Crippen molar-refractivity contribution < 1.29 is 0 Å². The van der Waals surface area contributed by atoms with Gasteiger partial charge in [0.1, 0.15) is 0 Å². The highest BCUT2D eigenvalue weighted by atomic mass is 15.1. The molecule has 1 aliphatic rings. The van der Waals surface area contributed by atoms with E-state index in [0.717, 1.165) is 24.9 Å². The summed E-state index contributed by atoms with van der Waals surface area (Å²) >= 11 is 0. The van der Waals surface area contributed by atoms with E-state index in [1.165, 1.54) is 25.8 Å². The summed E-state index contributed by atoms with van der Waals surface area (Å²) in [6, 6.07) is 0.759. The van der Waals surface area contributed by atoms with Crippen LogP contribution in [0.25, 0.3) is 0 Å². The zero-order valence-corrected chi connectivity index (χ0v) is 8.71. The number of hydrogen-bond acceptors (Lipinski definition) is 2. The van der Waals surface area contributed by atoms with Crippen LogP contribution in [-0.2, 0) is 0 Å². The molecule has 0 bridgehead atoms. The topological polar surface area (TPSA) is 29.3 Å². The van der Waals surface area contributed by atoms with Gasteiger partial charge in [-0.25, -0.2) is 0 Å². The summed E-state index contributed by atoms with van der Waals surface area (Å²) in [7, 11) is 2.22.